The van der Waals surface area contributed by atoms with Crippen molar-refractivity contribution in [2.75, 3.05) is 5.32 Å². The third-order valence-corrected chi connectivity index (χ3v) is 5.07. The van der Waals surface area contributed by atoms with E-state index in [1.165, 1.54) is 5.56 Å². The van der Waals surface area contributed by atoms with Crippen molar-refractivity contribution in [1.82, 2.24) is 4.98 Å². The summed E-state index contributed by atoms with van der Waals surface area (Å²) in [6, 6.07) is 9.46. The lowest BCUT2D eigenvalue weighted by molar-refractivity contribution is 0.102. The summed E-state index contributed by atoms with van der Waals surface area (Å²) >= 11 is 1.68. The Hall–Kier alpha value is -2.40. The van der Waals surface area contributed by atoms with Crippen LogP contribution in [0.5, 0.6) is 0 Å². The van der Waals surface area contributed by atoms with Crippen molar-refractivity contribution >= 4 is 33.0 Å². The van der Waals surface area contributed by atoms with Crippen LogP contribution >= 0.6 is 11.3 Å². The van der Waals surface area contributed by atoms with Gasteiger partial charge in [0.05, 0.1) is 5.69 Å². The molecule has 2 aromatic heterocycles. The number of pyridine rings is 1. The maximum absolute atomic E-state index is 12.5. The van der Waals surface area contributed by atoms with Gasteiger partial charge in [-0.2, -0.15) is 0 Å². The summed E-state index contributed by atoms with van der Waals surface area (Å²) in [5.74, 6) is -0.374. The molecule has 3 rings (SSSR count). The van der Waals surface area contributed by atoms with Crippen molar-refractivity contribution in [2.24, 2.45) is 0 Å². The fourth-order valence-corrected chi connectivity index (χ4v) is 3.77. The van der Waals surface area contributed by atoms with Crippen LogP contribution in [0.3, 0.4) is 0 Å². The average Bonchev–Trinajstić information content (AvgIpc) is 2.84. The number of amides is 1. The van der Waals surface area contributed by atoms with Crippen LogP contribution in [0, 0.1) is 13.8 Å². The molecular formula is C18H18N2O2S. The van der Waals surface area contributed by atoms with Gasteiger partial charge in [0.1, 0.15) is 5.56 Å². The van der Waals surface area contributed by atoms with Crippen molar-refractivity contribution in [3.05, 3.63) is 62.4 Å². The average molecular weight is 326 g/mol. The Morgan fingerprint density at radius 2 is 2.00 bits per heavy atom. The van der Waals surface area contributed by atoms with Gasteiger partial charge in [0.2, 0.25) is 0 Å². The largest absolute Gasteiger partial charge is 0.326 e. The maximum atomic E-state index is 12.5. The molecule has 4 nitrogen and oxygen atoms in total. The molecule has 0 aliphatic carbocycles. The van der Waals surface area contributed by atoms with E-state index in [4.69, 9.17) is 0 Å². The second-order valence-corrected chi connectivity index (χ2v) is 6.73. The Bertz CT molecular complexity index is 953. The van der Waals surface area contributed by atoms with Crippen molar-refractivity contribution in [2.45, 2.75) is 27.2 Å². The molecule has 0 radical (unpaired) electrons. The highest BCUT2D eigenvalue weighted by atomic mass is 32.1. The number of aromatic nitrogens is 1. The molecule has 23 heavy (non-hydrogen) atoms. The molecule has 0 saturated heterocycles. The van der Waals surface area contributed by atoms with Crippen LogP contribution in [0.1, 0.15) is 33.4 Å². The lowest BCUT2D eigenvalue weighted by Crippen LogP contribution is -2.23. The van der Waals surface area contributed by atoms with Gasteiger partial charge in [0.15, 0.2) is 0 Å². The third kappa shape index (κ3) is 2.92. The first-order valence-electron chi connectivity index (χ1n) is 7.53. The predicted molar refractivity (Wildman–Crippen MR) is 95.7 cm³/mol. The van der Waals surface area contributed by atoms with Gasteiger partial charge in [-0.1, -0.05) is 19.1 Å². The molecule has 1 amide bonds. The summed E-state index contributed by atoms with van der Waals surface area (Å²) in [6.07, 6.45) is 0.832. The summed E-state index contributed by atoms with van der Waals surface area (Å²) in [6.45, 7) is 5.90. The lowest BCUT2D eigenvalue weighted by Gasteiger charge is -2.06. The molecule has 118 valence electrons. The number of thiophene rings is 1. The minimum atomic E-state index is -0.374. The normalized spacial score (nSPS) is 10.9. The molecular weight excluding hydrogens is 308 g/mol. The van der Waals surface area contributed by atoms with Crippen LogP contribution in [0.25, 0.3) is 10.1 Å². The number of H-pyrrole nitrogens is 1. The second-order valence-electron chi connectivity index (χ2n) is 5.59. The third-order valence-electron chi connectivity index (χ3n) is 3.78. The number of nitrogens with one attached hydrogen (secondary N) is 2. The first-order valence-corrected chi connectivity index (χ1v) is 8.34. The molecule has 2 heterocycles. The highest BCUT2D eigenvalue weighted by Gasteiger charge is 2.16. The number of carbonyl (C=O) groups is 1. The Morgan fingerprint density at radius 1 is 1.22 bits per heavy atom. The van der Waals surface area contributed by atoms with Gasteiger partial charge in [0.25, 0.3) is 11.5 Å². The minimum absolute atomic E-state index is 0.129. The van der Waals surface area contributed by atoms with E-state index >= 15 is 0 Å². The predicted octanol–water partition coefficient (Wildman–Crippen LogP) is 4.02. The van der Waals surface area contributed by atoms with Crippen LogP contribution in [0.15, 0.2) is 35.1 Å². The summed E-state index contributed by atoms with van der Waals surface area (Å²) in [4.78, 5) is 28.2. The Morgan fingerprint density at radius 3 is 2.70 bits per heavy atom. The quantitative estimate of drug-likeness (QED) is 0.763. The molecule has 0 unspecified atom stereocenters. The molecule has 2 N–H and O–H groups in total. The zero-order valence-electron chi connectivity index (χ0n) is 13.3. The van der Waals surface area contributed by atoms with E-state index in [-0.39, 0.29) is 17.0 Å². The van der Waals surface area contributed by atoms with Crippen molar-refractivity contribution in [3.63, 3.8) is 0 Å². The maximum Gasteiger partial charge on any atom is 0.261 e. The second kappa shape index (κ2) is 6.01. The highest BCUT2D eigenvalue weighted by molar-refractivity contribution is 7.19. The number of benzene rings is 1. The Kier molecular flexibility index (Phi) is 4.05. The van der Waals surface area contributed by atoms with Gasteiger partial charge in [-0.3, -0.25) is 9.59 Å². The van der Waals surface area contributed by atoms with Crippen LogP contribution in [0.2, 0.25) is 0 Å². The molecule has 0 fully saturated rings. The van der Waals surface area contributed by atoms with E-state index in [2.05, 4.69) is 30.2 Å². The van der Waals surface area contributed by atoms with Crippen molar-refractivity contribution in [1.29, 1.82) is 0 Å². The van der Waals surface area contributed by atoms with E-state index in [0.29, 0.717) is 0 Å². The first-order chi connectivity index (χ1) is 11.0. The number of aryl methyl sites for hydroxylation is 3. The molecule has 0 atom stereocenters. The van der Waals surface area contributed by atoms with Gasteiger partial charge in [-0.15, -0.1) is 11.3 Å². The molecule has 5 heteroatoms. The molecule has 0 aliphatic heterocycles. The van der Waals surface area contributed by atoms with Crippen LogP contribution in [-0.4, -0.2) is 10.9 Å². The summed E-state index contributed by atoms with van der Waals surface area (Å²) < 4.78 is 1.15. The van der Waals surface area contributed by atoms with Gasteiger partial charge in [0, 0.05) is 20.7 Å². The fourth-order valence-electron chi connectivity index (χ4n) is 2.57. The number of anilines is 1. The van der Waals surface area contributed by atoms with Crippen LogP contribution in [-0.2, 0) is 6.42 Å². The zero-order chi connectivity index (χ0) is 16.6. The minimum Gasteiger partial charge on any atom is -0.326 e. The molecule has 0 saturated carbocycles. The standard InChI is InChI=1S/C18H18N2O2S/c1-4-14-16(12-7-5-10(2)9-15(12)23-14)20-18(22)13-8-6-11(3)19-17(13)21/h5-9H,4H2,1-3H3,(H,19,21)(H,20,22). The van der Waals surface area contributed by atoms with Crippen molar-refractivity contribution in [3.8, 4) is 0 Å². The molecule has 1 aromatic carbocycles. The highest BCUT2D eigenvalue weighted by Crippen LogP contribution is 2.36. The lowest BCUT2D eigenvalue weighted by atomic mass is 10.1. The topological polar surface area (TPSA) is 62.0 Å². The summed E-state index contributed by atoms with van der Waals surface area (Å²) in [5, 5.41) is 3.95. The SMILES string of the molecule is CCc1sc2cc(C)ccc2c1NC(=O)c1ccc(C)[nH]c1=O. The van der Waals surface area contributed by atoms with E-state index in [1.807, 2.05) is 12.1 Å². The zero-order valence-corrected chi connectivity index (χ0v) is 14.1. The van der Waals surface area contributed by atoms with Gasteiger partial charge in [-0.05, 0) is 44.0 Å². The molecule has 0 aliphatic rings. The van der Waals surface area contributed by atoms with Crippen molar-refractivity contribution < 1.29 is 4.79 Å². The van der Waals surface area contributed by atoms with E-state index in [1.54, 1.807) is 30.4 Å². The number of fused-ring (bicyclic) bond motifs is 1. The summed E-state index contributed by atoms with van der Waals surface area (Å²) in [5.41, 5.74) is 2.50. The van der Waals surface area contributed by atoms with Crippen LogP contribution < -0.4 is 10.9 Å². The van der Waals surface area contributed by atoms with Gasteiger partial charge >= 0.3 is 0 Å². The summed E-state index contributed by atoms with van der Waals surface area (Å²) in [7, 11) is 0. The Labute approximate surface area is 138 Å². The number of carbonyl (C=O) groups excluding carboxylic acids is 1. The van der Waals surface area contributed by atoms with Gasteiger partial charge in [-0.25, -0.2) is 0 Å². The molecule has 3 aromatic rings. The van der Waals surface area contributed by atoms with Gasteiger partial charge < -0.3 is 10.3 Å². The smallest absolute Gasteiger partial charge is 0.261 e. The molecule has 0 bridgehead atoms. The first kappa shape index (κ1) is 15.5. The Balaban J connectivity index is 2.03. The number of aromatic amines is 1. The molecule has 0 spiro atoms. The number of rotatable bonds is 3. The van der Waals surface area contributed by atoms with E-state index < -0.39 is 0 Å². The number of hydrogen-bond acceptors (Lipinski definition) is 3. The number of hydrogen-bond donors (Lipinski definition) is 2. The fraction of sp³-hybridized carbons (Fsp3) is 0.222. The monoisotopic (exact) mass is 326 g/mol. The van der Waals surface area contributed by atoms with Crippen LogP contribution in [0.4, 0.5) is 5.69 Å². The van der Waals surface area contributed by atoms with E-state index in [9.17, 15) is 9.59 Å². The van der Waals surface area contributed by atoms with E-state index in [0.717, 1.165) is 32.8 Å².